The molecule has 0 aromatic heterocycles. The summed E-state index contributed by atoms with van der Waals surface area (Å²) in [6.07, 6.45) is 2.96. The van der Waals surface area contributed by atoms with Gasteiger partial charge < -0.3 is 9.64 Å². The second kappa shape index (κ2) is 9.57. The maximum absolute atomic E-state index is 12.9. The molecule has 0 unspecified atom stereocenters. The van der Waals surface area contributed by atoms with E-state index in [1.54, 1.807) is 41.3 Å². The van der Waals surface area contributed by atoms with E-state index < -0.39 is 16.6 Å². The van der Waals surface area contributed by atoms with E-state index in [4.69, 9.17) is 0 Å². The maximum Gasteiger partial charge on any atom is 0.387 e. The van der Waals surface area contributed by atoms with Crippen LogP contribution in [0.2, 0.25) is 0 Å². The first-order valence-corrected chi connectivity index (χ1v) is 11.2. The topological polar surface area (TPSA) is 66.9 Å². The van der Waals surface area contributed by atoms with Crippen molar-refractivity contribution in [2.45, 2.75) is 25.4 Å². The Labute approximate surface area is 180 Å². The number of rotatable bonds is 6. The second-order valence-electron chi connectivity index (χ2n) is 7.26. The van der Waals surface area contributed by atoms with Crippen molar-refractivity contribution in [3.05, 3.63) is 65.2 Å². The zero-order valence-electron chi connectivity index (χ0n) is 17.3. The number of nitrogens with zero attached hydrogens (tertiary/aromatic N) is 2. The summed E-state index contributed by atoms with van der Waals surface area (Å²) in [5.41, 5.74) is 2.59. The molecule has 0 radical (unpaired) electrons. The zero-order chi connectivity index (χ0) is 22.6. The van der Waals surface area contributed by atoms with Crippen LogP contribution < -0.4 is 4.74 Å². The molecule has 31 heavy (non-hydrogen) atoms. The van der Waals surface area contributed by atoms with Crippen LogP contribution >= 0.6 is 0 Å². The summed E-state index contributed by atoms with van der Waals surface area (Å²) >= 11 is 0. The van der Waals surface area contributed by atoms with E-state index in [1.807, 2.05) is 13.8 Å². The van der Waals surface area contributed by atoms with Crippen molar-refractivity contribution in [1.82, 2.24) is 9.21 Å². The van der Waals surface area contributed by atoms with Gasteiger partial charge in [-0.05, 0) is 60.9 Å². The number of amides is 1. The highest BCUT2D eigenvalue weighted by atomic mass is 32.2. The fraction of sp³-hybridized carbons (Fsp3) is 0.318. The quantitative estimate of drug-likeness (QED) is 0.633. The Morgan fingerprint density at radius 3 is 2.23 bits per heavy atom. The molecular formula is C22H24F2N2O4S. The number of hydrogen-bond acceptors (Lipinski definition) is 4. The summed E-state index contributed by atoms with van der Waals surface area (Å²) in [6.45, 7) is 1.91. The number of hydrogen-bond donors (Lipinski definition) is 0. The van der Waals surface area contributed by atoms with E-state index in [0.29, 0.717) is 5.56 Å². The molecule has 9 heteroatoms. The van der Waals surface area contributed by atoms with Gasteiger partial charge in [0, 0.05) is 32.3 Å². The molecule has 1 amide bonds. The lowest BCUT2D eigenvalue weighted by Crippen LogP contribution is -2.50. The third kappa shape index (κ3) is 5.68. The zero-order valence-corrected chi connectivity index (χ0v) is 18.1. The fourth-order valence-corrected chi connectivity index (χ4v) is 4.71. The van der Waals surface area contributed by atoms with Gasteiger partial charge in [-0.3, -0.25) is 4.79 Å². The van der Waals surface area contributed by atoms with Crippen molar-refractivity contribution in [3.8, 4) is 5.75 Å². The molecule has 2 aromatic carbocycles. The number of benzene rings is 2. The minimum absolute atomic E-state index is 0.0413. The molecule has 6 nitrogen and oxygen atoms in total. The summed E-state index contributed by atoms with van der Waals surface area (Å²) in [6, 6.07) is 11.0. The summed E-state index contributed by atoms with van der Waals surface area (Å²) < 4.78 is 55.8. The van der Waals surface area contributed by atoms with Gasteiger partial charge in [0.25, 0.3) is 0 Å². The van der Waals surface area contributed by atoms with Gasteiger partial charge in [-0.1, -0.05) is 18.2 Å². The molecule has 0 atom stereocenters. The Morgan fingerprint density at radius 1 is 1.00 bits per heavy atom. The van der Waals surface area contributed by atoms with Crippen LogP contribution in [0.5, 0.6) is 5.75 Å². The summed E-state index contributed by atoms with van der Waals surface area (Å²) in [5.74, 6) is -0.198. The standard InChI is InChI=1S/C22H24F2N2O4S/c1-16-3-9-20(15-17(16)2)31(28,29)26-13-11-25(12-14-26)21(27)10-6-18-4-7-19(8-5-18)30-22(23)24/h3-10,15,22H,11-14H2,1-2H3. The number of carbonyl (C=O) groups excluding carboxylic acids is 1. The van der Waals surface area contributed by atoms with Gasteiger partial charge in [0.2, 0.25) is 15.9 Å². The molecule has 0 spiro atoms. The SMILES string of the molecule is Cc1ccc(S(=O)(=O)N2CCN(C(=O)C=Cc3ccc(OC(F)F)cc3)CC2)cc1C. The van der Waals surface area contributed by atoms with Gasteiger partial charge in [0.15, 0.2) is 0 Å². The van der Waals surface area contributed by atoms with Gasteiger partial charge in [-0.2, -0.15) is 13.1 Å². The third-order valence-electron chi connectivity index (χ3n) is 5.19. The molecule has 1 heterocycles. The number of alkyl halides is 2. The highest BCUT2D eigenvalue weighted by Gasteiger charge is 2.29. The minimum Gasteiger partial charge on any atom is -0.435 e. The van der Waals surface area contributed by atoms with Crippen molar-refractivity contribution in [1.29, 1.82) is 0 Å². The molecule has 1 saturated heterocycles. The van der Waals surface area contributed by atoms with Crippen LogP contribution in [-0.2, 0) is 14.8 Å². The lowest BCUT2D eigenvalue weighted by atomic mass is 10.1. The van der Waals surface area contributed by atoms with E-state index >= 15 is 0 Å². The highest BCUT2D eigenvalue weighted by molar-refractivity contribution is 7.89. The van der Waals surface area contributed by atoms with Crippen molar-refractivity contribution < 1.29 is 26.7 Å². The second-order valence-corrected chi connectivity index (χ2v) is 9.19. The van der Waals surface area contributed by atoms with Crippen LogP contribution in [0.1, 0.15) is 16.7 Å². The van der Waals surface area contributed by atoms with E-state index in [1.165, 1.54) is 22.5 Å². The molecule has 0 aliphatic carbocycles. The van der Waals surface area contributed by atoms with Crippen LogP contribution in [0.25, 0.3) is 6.08 Å². The summed E-state index contributed by atoms with van der Waals surface area (Å²) in [4.78, 5) is 14.3. The van der Waals surface area contributed by atoms with Crippen molar-refractivity contribution in [3.63, 3.8) is 0 Å². The summed E-state index contributed by atoms with van der Waals surface area (Å²) in [5, 5.41) is 0. The van der Waals surface area contributed by atoms with Crippen LogP contribution in [0.15, 0.2) is 53.4 Å². The number of ether oxygens (including phenoxy) is 1. The first-order chi connectivity index (χ1) is 14.7. The predicted octanol–water partition coefficient (Wildman–Crippen LogP) is 3.45. The Morgan fingerprint density at radius 2 is 1.65 bits per heavy atom. The van der Waals surface area contributed by atoms with Gasteiger partial charge in [-0.15, -0.1) is 0 Å². The molecule has 0 N–H and O–H groups in total. The number of aryl methyl sites for hydroxylation is 2. The first kappa shape index (κ1) is 22.9. The predicted molar refractivity (Wildman–Crippen MR) is 113 cm³/mol. The van der Waals surface area contributed by atoms with Gasteiger partial charge in [0.05, 0.1) is 4.90 Å². The Balaban J connectivity index is 1.58. The molecule has 0 bridgehead atoms. The molecule has 1 fully saturated rings. The summed E-state index contributed by atoms with van der Waals surface area (Å²) in [7, 11) is -3.61. The molecule has 1 aliphatic rings. The van der Waals surface area contributed by atoms with Crippen molar-refractivity contribution in [2.75, 3.05) is 26.2 Å². The maximum atomic E-state index is 12.9. The van der Waals surface area contributed by atoms with Gasteiger partial charge in [-0.25, -0.2) is 8.42 Å². The van der Waals surface area contributed by atoms with Crippen molar-refractivity contribution in [2.24, 2.45) is 0 Å². The molecule has 2 aromatic rings. The fourth-order valence-electron chi connectivity index (χ4n) is 3.21. The Kier molecular flexibility index (Phi) is 7.07. The average Bonchev–Trinajstić information content (AvgIpc) is 2.74. The van der Waals surface area contributed by atoms with E-state index in [0.717, 1.165) is 11.1 Å². The molecule has 0 saturated carbocycles. The van der Waals surface area contributed by atoms with E-state index in [-0.39, 0.29) is 42.7 Å². The normalized spacial score (nSPS) is 15.6. The molecule has 1 aliphatic heterocycles. The average molecular weight is 451 g/mol. The lowest BCUT2D eigenvalue weighted by Gasteiger charge is -2.33. The molecule has 3 rings (SSSR count). The molecule has 166 valence electrons. The number of piperazine rings is 1. The highest BCUT2D eigenvalue weighted by Crippen LogP contribution is 2.21. The Hall–Kier alpha value is -2.78. The van der Waals surface area contributed by atoms with Crippen LogP contribution in [0, 0.1) is 13.8 Å². The largest absolute Gasteiger partial charge is 0.435 e. The van der Waals surface area contributed by atoms with Crippen LogP contribution in [0.4, 0.5) is 8.78 Å². The van der Waals surface area contributed by atoms with Gasteiger partial charge in [0.1, 0.15) is 5.75 Å². The number of sulfonamides is 1. The van der Waals surface area contributed by atoms with E-state index in [2.05, 4.69) is 4.74 Å². The smallest absolute Gasteiger partial charge is 0.387 e. The minimum atomic E-state index is -3.61. The van der Waals surface area contributed by atoms with Gasteiger partial charge >= 0.3 is 6.61 Å². The van der Waals surface area contributed by atoms with E-state index in [9.17, 15) is 22.0 Å². The van der Waals surface area contributed by atoms with Crippen molar-refractivity contribution >= 4 is 22.0 Å². The monoisotopic (exact) mass is 450 g/mol. The van der Waals surface area contributed by atoms with Crippen LogP contribution in [-0.4, -0.2) is 56.3 Å². The number of carbonyl (C=O) groups is 1. The third-order valence-corrected chi connectivity index (χ3v) is 7.08. The Bertz CT molecular complexity index is 1060. The van der Waals surface area contributed by atoms with Crippen LogP contribution in [0.3, 0.4) is 0 Å². The molecular weight excluding hydrogens is 426 g/mol. The first-order valence-electron chi connectivity index (χ1n) is 9.76. The lowest BCUT2D eigenvalue weighted by molar-refractivity contribution is -0.127. The number of halogens is 2.